The van der Waals surface area contributed by atoms with E-state index in [0.717, 1.165) is 16.8 Å². The zero-order valence-corrected chi connectivity index (χ0v) is 17.9. The summed E-state index contributed by atoms with van der Waals surface area (Å²) >= 11 is 12.6. The van der Waals surface area contributed by atoms with Crippen molar-refractivity contribution in [3.05, 3.63) is 94.1 Å². The van der Waals surface area contributed by atoms with E-state index in [4.69, 9.17) is 38.5 Å². The van der Waals surface area contributed by atoms with Crippen molar-refractivity contribution in [3.8, 4) is 34.9 Å². The lowest BCUT2D eigenvalue weighted by Gasteiger charge is -2.10. The maximum atomic E-state index is 9.03. The average Bonchev–Trinajstić information content (AvgIpc) is 2.81. The lowest BCUT2D eigenvalue weighted by atomic mass is 10.0. The van der Waals surface area contributed by atoms with Gasteiger partial charge in [-0.15, -0.1) is 0 Å². The van der Waals surface area contributed by atoms with Crippen LogP contribution in [-0.4, -0.2) is 9.97 Å². The first-order chi connectivity index (χ1) is 15.6. The summed E-state index contributed by atoms with van der Waals surface area (Å²) in [6, 6.07) is 23.2. The summed E-state index contributed by atoms with van der Waals surface area (Å²) in [5, 5.41) is 21.8. The SMILES string of the molecule is N#Cc1ccc(Nc2nccc(Oc3ccc(-c4ccc(C#N)c(Cl)c4)cc3Cl)n2)cc1. The van der Waals surface area contributed by atoms with Gasteiger partial charge in [0.1, 0.15) is 11.8 Å². The molecular weight excluding hydrogens is 445 g/mol. The Morgan fingerprint density at radius 2 is 1.53 bits per heavy atom. The molecule has 1 N–H and O–H groups in total. The highest BCUT2D eigenvalue weighted by Gasteiger charge is 2.10. The third kappa shape index (κ3) is 4.79. The Morgan fingerprint density at radius 1 is 0.812 bits per heavy atom. The van der Waals surface area contributed by atoms with Gasteiger partial charge < -0.3 is 10.1 Å². The Kier molecular flexibility index (Phi) is 6.19. The van der Waals surface area contributed by atoms with Gasteiger partial charge in [-0.05, 0) is 59.7 Å². The second kappa shape index (κ2) is 9.36. The average molecular weight is 458 g/mol. The molecule has 0 spiro atoms. The zero-order valence-electron chi connectivity index (χ0n) is 16.4. The topological polar surface area (TPSA) is 94.6 Å². The summed E-state index contributed by atoms with van der Waals surface area (Å²) in [5.41, 5.74) is 3.38. The third-order valence-electron chi connectivity index (χ3n) is 4.47. The molecule has 32 heavy (non-hydrogen) atoms. The zero-order chi connectivity index (χ0) is 22.5. The summed E-state index contributed by atoms with van der Waals surface area (Å²) in [6.07, 6.45) is 1.56. The number of benzene rings is 3. The highest BCUT2D eigenvalue weighted by molar-refractivity contribution is 6.32. The molecular formula is C24H13Cl2N5O. The monoisotopic (exact) mass is 457 g/mol. The molecule has 8 heteroatoms. The Balaban J connectivity index is 1.52. The lowest BCUT2D eigenvalue weighted by Crippen LogP contribution is -1.98. The van der Waals surface area contributed by atoms with Gasteiger partial charge in [0.15, 0.2) is 0 Å². The van der Waals surface area contributed by atoms with Crippen molar-refractivity contribution in [2.75, 3.05) is 5.32 Å². The molecule has 3 aromatic carbocycles. The maximum Gasteiger partial charge on any atom is 0.230 e. The van der Waals surface area contributed by atoms with Gasteiger partial charge in [-0.2, -0.15) is 15.5 Å². The molecule has 1 heterocycles. The molecule has 1 aromatic heterocycles. The molecule has 0 saturated carbocycles. The van der Waals surface area contributed by atoms with Crippen LogP contribution in [-0.2, 0) is 0 Å². The van der Waals surface area contributed by atoms with Crippen LogP contribution in [0.25, 0.3) is 11.1 Å². The van der Waals surface area contributed by atoms with E-state index in [-0.39, 0.29) is 0 Å². The van der Waals surface area contributed by atoms with Crippen molar-refractivity contribution in [1.82, 2.24) is 9.97 Å². The summed E-state index contributed by atoms with van der Waals surface area (Å²) in [6.45, 7) is 0. The molecule has 6 nitrogen and oxygen atoms in total. The fraction of sp³-hybridized carbons (Fsp3) is 0. The van der Waals surface area contributed by atoms with Crippen molar-refractivity contribution < 1.29 is 4.74 Å². The summed E-state index contributed by atoms with van der Waals surface area (Å²) in [7, 11) is 0. The molecule has 0 atom stereocenters. The number of anilines is 2. The summed E-state index contributed by atoms with van der Waals surface area (Å²) < 4.78 is 5.84. The second-order valence-corrected chi connectivity index (χ2v) is 7.40. The minimum atomic E-state index is 0.312. The van der Waals surface area contributed by atoms with Gasteiger partial charge in [-0.1, -0.05) is 35.3 Å². The Hall–Kier alpha value is -4.10. The van der Waals surface area contributed by atoms with Crippen molar-refractivity contribution in [1.29, 1.82) is 10.5 Å². The molecule has 0 saturated heterocycles. The van der Waals surface area contributed by atoms with Gasteiger partial charge in [-0.25, -0.2) is 4.98 Å². The molecule has 0 amide bonds. The Bertz CT molecular complexity index is 1370. The van der Waals surface area contributed by atoms with Crippen LogP contribution in [0.3, 0.4) is 0 Å². The highest BCUT2D eigenvalue weighted by Crippen LogP contribution is 2.34. The van der Waals surface area contributed by atoms with Gasteiger partial charge in [0.05, 0.1) is 27.2 Å². The number of rotatable bonds is 5. The van der Waals surface area contributed by atoms with E-state index >= 15 is 0 Å². The molecule has 0 aliphatic rings. The Morgan fingerprint density at radius 3 is 2.19 bits per heavy atom. The number of nitrogens with zero attached hydrogens (tertiary/aromatic N) is 4. The van der Waals surface area contributed by atoms with Crippen LogP contribution >= 0.6 is 23.2 Å². The molecule has 0 aliphatic carbocycles. The quantitative estimate of drug-likeness (QED) is 0.356. The van der Waals surface area contributed by atoms with Crippen molar-refractivity contribution in [3.63, 3.8) is 0 Å². The molecule has 4 aromatic rings. The van der Waals surface area contributed by atoms with Gasteiger partial charge >= 0.3 is 0 Å². The summed E-state index contributed by atoms with van der Waals surface area (Å²) in [4.78, 5) is 8.52. The van der Waals surface area contributed by atoms with Gasteiger partial charge in [0.2, 0.25) is 11.8 Å². The fourth-order valence-corrected chi connectivity index (χ4v) is 3.32. The van der Waals surface area contributed by atoms with Crippen LogP contribution in [0.15, 0.2) is 72.9 Å². The minimum absolute atomic E-state index is 0.312. The predicted molar refractivity (Wildman–Crippen MR) is 123 cm³/mol. The number of nitrogens with one attached hydrogen (secondary N) is 1. The number of nitriles is 2. The minimum Gasteiger partial charge on any atom is -0.437 e. The van der Waals surface area contributed by atoms with Crippen LogP contribution in [0.2, 0.25) is 10.0 Å². The fourth-order valence-electron chi connectivity index (χ4n) is 2.88. The predicted octanol–water partition coefficient (Wildman–Crippen LogP) is 6.73. The lowest BCUT2D eigenvalue weighted by molar-refractivity contribution is 0.463. The van der Waals surface area contributed by atoms with E-state index in [1.54, 1.807) is 60.8 Å². The van der Waals surface area contributed by atoms with Crippen LogP contribution in [0.4, 0.5) is 11.6 Å². The van der Waals surface area contributed by atoms with Crippen LogP contribution in [0.1, 0.15) is 11.1 Å². The second-order valence-electron chi connectivity index (χ2n) is 6.59. The number of hydrogen-bond acceptors (Lipinski definition) is 6. The van der Waals surface area contributed by atoms with Crippen molar-refractivity contribution >= 4 is 34.8 Å². The van der Waals surface area contributed by atoms with Crippen LogP contribution in [0.5, 0.6) is 11.6 Å². The van der Waals surface area contributed by atoms with E-state index in [1.165, 1.54) is 0 Å². The number of hydrogen-bond donors (Lipinski definition) is 1. The molecule has 4 rings (SSSR count). The highest BCUT2D eigenvalue weighted by atomic mass is 35.5. The molecule has 0 fully saturated rings. The standard InChI is InChI=1S/C24H13Cl2N5O/c25-20-11-16(3-4-18(20)14-28)17-5-8-22(21(26)12-17)32-23-9-10-29-24(31-23)30-19-6-1-15(13-27)2-7-19/h1-12H,(H,29,30,31). The van der Waals surface area contributed by atoms with E-state index in [1.807, 2.05) is 18.2 Å². The van der Waals surface area contributed by atoms with Crippen molar-refractivity contribution in [2.45, 2.75) is 0 Å². The first kappa shape index (κ1) is 21.1. The largest absolute Gasteiger partial charge is 0.437 e. The van der Waals surface area contributed by atoms with Gasteiger partial charge in [0.25, 0.3) is 0 Å². The number of aromatic nitrogens is 2. The molecule has 0 bridgehead atoms. The number of ether oxygens (including phenoxy) is 1. The van der Waals surface area contributed by atoms with Crippen molar-refractivity contribution in [2.24, 2.45) is 0 Å². The van der Waals surface area contributed by atoms with Crippen LogP contribution < -0.4 is 10.1 Å². The molecule has 0 radical (unpaired) electrons. The maximum absolute atomic E-state index is 9.03. The first-order valence-corrected chi connectivity index (χ1v) is 10.1. The molecule has 154 valence electrons. The van der Waals surface area contributed by atoms with Crippen LogP contribution in [0, 0.1) is 22.7 Å². The number of halogens is 2. The van der Waals surface area contributed by atoms with E-state index in [9.17, 15) is 0 Å². The molecule has 0 aliphatic heterocycles. The van der Waals surface area contributed by atoms with E-state index in [0.29, 0.717) is 38.8 Å². The first-order valence-electron chi connectivity index (χ1n) is 9.33. The third-order valence-corrected chi connectivity index (χ3v) is 5.08. The summed E-state index contributed by atoms with van der Waals surface area (Å²) in [5.74, 6) is 1.08. The smallest absolute Gasteiger partial charge is 0.230 e. The van der Waals surface area contributed by atoms with Gasteiger partial charge in [-0.3, -0.25) is 0 Å². The van der Waals surface area contributed by atoms with E-state index < -0.39 is 0 Å². The normalized spacial score (nSPS) is 10.1. The Labute approximate surface area is 194 Å². The molecule has 0 unspecified atom stereocenters. The van der Waals surface area contributed by atoms with Gasteiger partial charge in [0, 0.05) is 18.0 Å². The van der Waals surface area contributed by atoms with E-state index in [2.05, 4.69) is 21.4 Å².